The second-order valence-electron chi connectivity index (χ2n) is 3.67. The van der Waals surface area contributed by atoms with Gasteiger partial charge in [-0.25, -0.2) is 9.97 Å². The zero-order valence-corrected chi connectivity index (χ0v) is 10.1. The lowest BCUT2D eigenvalue weighted by atomic mass is 10.2. The van der Waals surface area contributed by atoms with Gasteiger partial charge in [-0.05, 0) is 6.42 Å². The van der Waals surface area contributed by atoms with Crippen LogP contribution in [0.3, 0.4) is 0 Å². The highest BCUT2D eigenvalue weighted by atomic mass is 16.4. The molecule has 1 amide bonds. The molecule has 7 nitrogen and oxygen atoms in total. The summed E-state index contributed by atoms with van der Waals surface area (Å²) in [6.45, 7) is 1.65. The van der Waals surface area contributed by atoms with Gasteiger partial charge in [0.25, 0.3) is 0 Å². The molecule has 1 rings (SSSR count). The first-order valence-corrected chi connectivity index (χ1v) is 5.65. The molecular formula is C11H16N4O3. The van der Waals surface area contributed by atoms with E-state index in [-0.39, 0.29) is 13.1 Å². The third-order valence-electron chi connectivity index (χ3n) is 2.10. The largest absolute Gasteiger partial charge is 0.480 e. The number of carbonyl (C=O) groups is 2. The molecule has 0 aliphatic carbocycles. The first-order valence-electron chi connectivity index (χ1n) is 5.65. The minimum Gasteiger partial charge on any atom is -0.480 e. The quantitative estimate of drug-likeness (QED) is 0.633. The summed E-state index contributed by atoms with van der Waals surface area (Å²) in [5.41, 5.74) is 0.904. The first-order chi connectivity index (χ1) is 8.61. The average molecular weight is 252 g/mol. The van der Waals surface area contributed by atoms with Crippen molar-refractivity contribution in [2.24, 2.45) is 0 Å². The number of aromatic nitrogens is 2. The molecule has 18 heavy (non-hydrogen) atoms. The number of rotatable bonds is 7. The molecule has 0 bridgehead atoms. The van der Waals surface area contributed by atoms with E-state index in [1.807, 2.05) is 0 Å². The molecule has 0 fully saturated rings. The fraction of sp³-hybridized carbons (Fsp3) is 0.455. The Morgan fingerprint density at radius 3 is 2.78 bits per heavy atom. The summed E-state index contributed by atoms with van der Waals surface area (Å²) in [5.74, 6) is -0.914. The van der Waals surface area contributed by atoms with Gasteiger partial charge in [0.2, 0.25) is 5.91 Å². The molecule has 0 unspecified atom stereocenters. The fourth-order valence-corrected chi connectivity index (χ4v) is 1.29. The number of carbonyl (C=O) groups excluding carboxylic acids is 1. The standard InChI is InChI=1S/C11H16N4O3/c1-2-3-8-4-9(15-7-14-8)12-5-10(16)13-6-11(17)18/h4,7H,2-3,5-6H2,1H3,(H,13,16)(H,17,18)(H,12,14,15). The van der Waals surface area contributed by atoms with E-state index in [9.17, 15) is 9.59 Å². The van der Waals surface area contributed by atoms with Crippen LogP contribution < -0.4 is 10.6 Å². The molecule has 0 radical (unpaired) electrons. The van der Waals surface area contributed by atoms with E-state index in [4.69, 9.17) is 5.11 Å². The predicted molar refractivity (Wildman–Crippen MR) is 65.2 cm³/mol. The Balaban J connectivity index is 2.40. The van der Waals surface area contributed by atoms with Gasteiger partial charge in [0.1, 0.15) is 18.7 Å². The highest BCUT2D eigenvalue weighted by Crippen LogP contribution is 2.05. The van der Waals surface area contributed by atoms with Crippen molar-refractivity contribution in [3.8, 4) is 0 Å². The van der Waals surface area contributed by atoms with Crippen LogP contribution in [0.2, 0.25) is 0 Å². The van der Waals surface area contributed by atoms with Crippen molar-refractivity contribution < 1.29 is 14.7 Å². The number of carboxylic acid groups (broad SMARTS) is 1. The van der Waals surface area contributed by atoms with E-state index in [1.165, 1.54) is 6.33 Å². The summed E-state index contributed by atoms with van der Waals surface area (Å²) in [4.78, 5) is 29.5. The van der Waals surface area contributed by atoms with Gasteiger partial charge in [-0.15, -0.1) is 0 Å². The summed E-state index contributed by atoms with van der Waals surface area (Å²) in [6.07, 6.45) is 3.26. The van der Waals surface area contributed by atoms with Gasteiger partial charge in [-0.1, -0.05) is 13.3 Å². The molecule has 0 aromatic carbocycles. The molecule has 1 aromatic rings. The maximum Gasteiger partial charge on any atom is 0.322 e. The van der Waals surface area contributed by atoms with E-state index >= 15 is 0 Å². The number of nitrogens with one attached hydrogen (secondary N) is 2. The number of anilines is 1. The molecular weight excluding hydrogens is 236 g/mol. The van der Waals surface area contributed by atoms with Crippen LogP contribution in [0.4, 0.5) is 5.82 Å². The zero-order valence-electron chi connectivity index (χ0n) is 10.1. The Morgan fingerprint density at radius 2 is 2.11 bits per heavy atom. The molecule has 1 aromatic heterocycles. The van der Waals surface area contributed by atoms with Crippen molar-refractivity contribution in [2.75, 3.05) is 18.4 Å². The lowest BCUT2D eigenvalue weighted by molar-refractivity contribution is -0.137. The minimum absolute atomic E-state index is 0.0180. The second kappa shape index (κ2) is 7.21. The lowest BCUT2D eigenvalue weighted by Gasteiger charge is -2.06. The number of hydrogen-bond acceptors (Lipinski definition) is 5. The normalized spacial score (nSPS) is 9.83. The van der Waals surface area contributed by atoms with Gasteiger partial charge in [-0.2, -0.15) is 0 Å². The van der Waals surface area contributed by atoms with Gasteiger partial charge in [0.05, 0.1) is 6.54 Å². The Bertz CT molecular complexity index is 423. The molecule has 3 N–H and O–H groups in total. The van der Waals surface area contributed by atoms with E-state index < -0.39 is 11.9 Å². The number of aryl methyl sites for hydroxylation is 1. The SMILES string of the molecule is CCCc1cc(NCC(=O)NCC(=O)O)ncn1. The summed E-state index contributed by atoms with van der Waals surface area (Å²) in [7, 11) is 0. The van der Waals surface area contributed by atoms with Crippen molar-refractivity contribution in [2.45, 2.75) is 19.8 Å². The molecule has 0 saturated carbocycles. The van der Waals surface area contributed by atoms with Gasteiger partial charge < -0.3 is 15.7 Å². The van der Waals surface area contributed by atoms with Crippen molar-refractivity contribution in [1.82, 2.24) is 15.3 Å². The van der Waals surface area contributed by atoms with Gasteiger partial charge in [0.15, 0.2) is 0 Å². The Labute approximate surface area is 105 Å². The summed E-state index contributed by atoms with van der Waals surface area (Å²) in [5, 5.41) is 13.4. The predicted octanol–water partition coefficient (Wildman–Crippen LogP) is 0.0418. The molecule has 0 atom stereocenters. The minimum atomic E-state index is -1.07. The molecule has 1 heterocycles. The van der Waals surface area contributed by atoms with Crippen LogP contribution in [-0.4, -0.2) is 40.0 Å². The monoisotopic (exact) mass is 252 g/mol. The summed E-state index contributed by atoms with van der Waals surface area (Å²) >= 11 is 0. The average Bonchev–Trinajstić information content (AvgIpc) is 2.35. The van der Waals surface area contributed by atoms with Crippen molar-refractivity contribution >= 4 is 17.7 Å². The van der Waals surface area contributed by atoms with Gasteiger partial charge >= 0.3 is 5.97 Å². The molecule has 0 spiro atoms. The van der Waals surface area contributed by atoms with Crippen molar-refractivity contribution in [1.29, 1.82) is 0 Å². The topological polar surface area (TPSA) is 104 Å². The van der Waals surface area contributed by atoms with Crippen LogP contribution in [0.5, 0.6) is 0 Å². The first kappa shape index (κ1) is 13.9. The molecule has 0 aliphatic rings. The molecule has 98 valence electrons. The van der Waals surface area contributed by atoms with Crippen LogP contribution in [0.15, 0.2) is 12.4 Å². The smallest absolute Gasteiger partial charge is 0.322 e. The number of hydrogen-bond donors (Lipinski definition) is 3. The maximum atomic E-state index is 11.3. The van der Waals surface area contributed by atoms with E-state index in [1.54, 1.807) is 6.07 Å². The van der Waals surface area contributed by atoms with Crippen LogP contribution in [-0.2, 0) is 16.0 Å². The maximum absolute atomic E-state index is 11.3. The number of aliphatic carboxylic acids is 1. The van der Waals surface area contributed by atoms with Crippen LogP contribution in [0.1, 0.15) is 19.0 Å². The number of carboxylic acids is 1. The highest BCUT2D eigenvalue weighted by Gasteiger charge is 2.04. The van der Waals surface area contributed by atoms with E-state index in [0.717, 1.165) is 18.5 Å². The Morgan fingerprint density at radius 1 is 1.33 bits per heavy atom. The summed E-state index contributed by atoms with van der Waals surface area (Å²) in [6, 6.07) is 1.77. The van der Waals surface area contributed by atoms with Gasteiger partial charge in [0, 0.05) is 11.8 Å². The number of amides is 1. The van der Waals surface area contributed by atoms with Crippen molar-refractivity contribution in [3.63, 3.8) is 0 Å². The Kier molecular flexibility index (Phi) is 5.56. The third-order valence-corrected chi connectivity index (χ3v) is 2.10. The molecule has 0 saturated heterocycles. The highest BCUT2D eigenvalue weighted by molar-refractivity contribution is 5.84. The van der Waals surface area contributed by atoms with E-state index in [0.29, 0.717) is 5.82 Å². The fourth-order valence-electron chi connectivity index (χ4n) is 1.29. The van der Waals surface area contributed by atoms with Crippen LogP contribution >= 0.6 is 0 Å². The Hall–Kier alpha value is -2.18. The zero-order chi connectivity index (χ0) is 13.4. The van der Waals surface area contributed by atoms with E-state index in [2.05, 4.69) is 27.5 Å². The molecule has 0 aliphatic heterocycles. The third kappa shape index (κ3) is 5.24. The van der Waals surface area contributed by atoms with Crippen LogP contribution in [0.25, 0.3) is 0 Å². The second-order valence-corrected chi connectivity index (χ2v) is 3.67. The van der Waals surface area contributed by atoms with Crippen LogP contribution in [0, 0.1) is 0 Å². The lowest BCUT2D eigenvalue weighted by Crippen LogP contribution is -2.34. The summed E-state index contributed by atoms with van der Waals surface area (Å²) < 4.78 is 0. The van der Waals surface area contributed by atoms with Gasteiger partial charge in [-0.3, -0.25) is 9.59 Å². The number of nitrogens with zero attached hydrogens (tertiary/aromatic N) is 2. The van der Waals surface area contributed by atoms with Crippen molar-refractivity contribution in [3.05, 3.63) is 18.1 Å². The molecule has 7 heteroatoms.